The van der Waals surface area contributed by atoms with Crippen LogP contribution in [-0.4, -0.2) is 49.1 Å². The summed E-state index contributed by atoms with van der Waals surface area (Å²) in [6.07, 6.45) is 1.97. The lowest BCUT2D eigenvalue weighted by Crippen LogP contribution is -2.46. The predicted molar refractivity (Wildman–Crippen MR) is 75.6 cm³/mol. The first-order valence-corrected chi connectivity index (χ1v) is 7.55. The summed E-state index contributed by atoms with van der Waals surface area (Å²) < 4.78 is 5.16. The first-order chi connectivity index (χ1) is 9.26. The van der Waals surface area contributed by atoms with Gasteiger partial charge in [-0.2, -0.15) is 0 Å². The Morgan fingerprint density at radius 2 is 2.21 bits per heavy atom. The standard InChI is InChI=1S/C13H21N3O2S/c1-3-4-11-15-10(9-18-2)12(19-11)13(17)16-7-5-14-6-8-16/h14H,3-9H2,1-2H3. The molecule has 1 aliphatic heterocycles. The van der Waals surface area contributed by atoms with Gasteiger partial charge in [0.25, 0.3) is 5.91 Å². The molecule has 1 aliphatic rings. The molecule has 1 amide bonds. The van der Waals surface area contributed by atoms with E-state index in [4.69, 9.17) is 4.74 Å². The molecule has 0 radical (unpaired) electrons. The lowest BCUT2D eigenvalue weighted by Gasteiger charge is -2.27. The van der Waals surface area contributed by atoms with Crippen LogP contribution in [0.4, 0.5) is 0 Å². The van der Waals surface area contributed by atoms with E-state index in [9.17, 15) is 4.79 Å². The third-order valence-corrected chi connectivity index (χ3v) is 4.23. The largest absolute Gasteiger partial charge is 0.378 e. The molecule has 1 aromatic heterocycles. The molecule has 0 spiro atoms. The van der Waals surface area contributed by atoms with E-state index in [0.29, 0.717) is 6.61 Å². The van der Waals surface area contributed by atoms with Crippen molar-refractivity contribution >= 4 is 17.2 Å². The molecule has 2 rings (SSSR count). The van der Waals surface area contributed by atoms with Gasteiger partial charge in [0.15, 0.2) is 0 Å². The van der Waals surface area contributed by atoms with Crippen LogP contribution in [0.3, 0.4) is 0 Å². The third-order valence-electron chi connectivity index (χ3n) is 3.09. The van der Waals surface area contributed by atoms with Crippen molar-refractivity contribution in [2.24, 2.45) is 0 Å². The Bertz CT molecular complexity index is 428. The Balaban J connectivity index is 2.17. The number of nitrogens with zero attached hydrogens (tertiary/aromatic N) is 2. The van der Waals surface area contributed by atoms with Gasteiger partial charge in [-0.1, -0.05) is 6.92 Å². The molecule has 1 aromatic rings. The molecule has 6 heteroatoms. The number of piperazine rings is 1. The Hall–Kier alpha value is -0.980. The Labute approximate surface area is 118 Å². The van der Waals surface area contributed by atoms with Crippen LogP contribution in [0.1, 0.15) is 33.7 Å². The van der Waals surface area contributed by atoms with Crippen LogP contribution in [0.25, 0.3) is 0 Å². The monoisotopic (exact) mass is 283 g/mol. The average molecular weight is 283 g/mol. The molecule has 5 nitrogen and oxygen atoms in total. The fourth-order valence-corrected chi connectivity index (χ4v) is 3.27. The molecule has 0 aromatic carbocycles. The number of nitrogens with one attached hydrogen (secondary N) is 1. The summed E-state index contributed by atoms with van der Waals surface area (Å²) in [5.74, 6) is 0.105. The van der Waals surface area contributed by atoms with Gasteiger partial charge in [-0.3, -0.25) is 4.79 Å². The van der Waals surface area contributed by atoms with E-state index in [0.717, 1.165) is 54.6 Å². The molecule has 0 saturated carbocycles. The minimum absolute atomic E-state index is 0.105. The first-order valence-electron chi connectivity index (χ1n) is 6.73. The number of carbonyl (C=O) groups is 1. The van der Waals surface area contributed by atoms with E-state index in [1.807, 2.05) is 4.90 Å². The summed E-state index contributed by atoms with van der Waals surface area (Å²) in [5, 5.41) is 4.29. The van der Waals surface area contributed by atoms with Crippen molar-refractivity contribution in [3.05, 3.63) is 15.6 Å². The molecule has 106 valence electrons. The average Bonchev–Trinajstić information content (AvgIpc) is 2.83. The highest BCUT2D eigenvalue weighted by Crippen LogP contribution is 2.22. The lowest BCUT2D eigenvalue weighted by molar-refractivity contribution is 0.0735. The van der Waals surface area contributed by atoms with Crippen molar-refractivity contribution in [3.63, 3.8) is 0 Å². The van der Waals surface area contributed by atoms with Gasteiger partial charge in [-0.15, -0.1) is 11.3 Å². The van der Waals surface area contributed by atoms with Gasteiger partial charge in [-0.25, -0.2) is 4.98 Å². The number of aryl methyl sites for hydroxylation is 1. The molecule has 19 heavy (non-hydrogen) atoms. The van der Waals surface area contributed by atoms with Crippen LogP contribution in [-0.2, 0) is 17.8 Å². The summed E-state index contributed by atoms with van der Waals surface area (Å²) >= 11 is 1.52. The number of amides is 1. The van der Waals surface area contributed by atoms with Crippen LogP contribution in [0.2, 0.25) is 0 Å². The fourth-order valence-electron chi connectivity index (χ4n) is 2.13. The van der Waals surface area contributed by atoms with E-state index < -0.39 is 0 Å². The molecular weight excluding hydrogens is 262 g/mol. The number of hydrogen-bond acceptors (Lipinski definition) is 5. The first kappa shape index (κ1) is 14.4. The number of thiazole rings is 1. The van der Waals surface area contributed by atoms with Gasteiger partial charge in [0.1, 0.15) is 4.88 Å². The van der Waals surface area contributed by atoms with Crippen molar-refractivity contribution in [2.75, 3.05) is 33.3 Å². The number of carbonyl (C=O) groups excluding carboxylic acids is 1. The number of aromatic nitrogens is 1. The van der Waals surface area contributed by atoms with Gasteiger partial charge in [0.2, 0.25) is 0 Å². The van der Waals surface area contributed by atoms with Crippen molar-refractivity contribution in [1.29, 1.82) is 0 Å². The molecule has 1 saturated heterocycles. The maximum Gasteiger partial charge on any atom is 0.266 e. The third kappa shape index (κ3) is 3.52. The van der Waals surface area contributed by atoms with E-state index in [-0.39, 0.29) is 5.91 Å². The summed E-state index contributed by atoms with van der Waals surface area (Å²) in [6, 6.07) is 0. The number of hydrogen-bond donors (Lipinski definition) is 1. The van der Waals surface area contributed by atoms with E-state index in [2.05, 4.69) is 17.2 Å². The van der Waals surface area contributed by atoms with E-state index in [1.54, 1.807) is 7.11 Å². The summed E-state index contributed by atoms with van der Waals surface area (Å²) in [4.78, 5) is 19.7. The van der Waals surface area contributed by atoms with Crippen LogP contribution in [0.15, 0.2) is 0 Å². The van der Waals surface area contributed by atoms with Gasteiger partial charge in [-0.05, 0) is 12.8 Å². The van der Waals surface area contributed by atoms with E-state index >= 15 is 0 Å². The second-order valence-electron chi connectivity index (χ2n) is 4.61. The van der Waals surface area contributed by atoms with E-state index in [1.165, 1.54) is 11.3 Å². The van der Waals surface area contributed by atoms with Gasteiger partial charge < -0.3 is 15.0 Å². The minimum atomic E-state index is 0.105. The zero-order valence-corrected chi connectivity index (χ0v) is 12.4. The van der Waals surface area contributed by atoms with Crippen LogP contribution < -0.4 is 5.32 Å². The highest BCUT2D eigenvalue weighted by molar-refractivity contribution is 7.13. The topological polar surface area (TPSA) is 54.5 Å². The van der Waals surface area contributed by atoms with Crippen LogP contribution in [0, 0.1) is 0 Å². The van der Waals surface area contributed by atoms with Gasteiger partial charge in [0, 0.05) is 33.3 Å². The maximum absolute atomic E-state index is 12.5. The Morgan fingerprint density at radius 1 is 1.47 bits per heavy atom. The molecule has 0 bridgehead atoms. The van der Waals surface area contributed by atoms with Gasteiger partial charge in [0.05, 0.1) is 17.3 Å². The highest BCUT2D eigenvalue weighted by Gasteiger charge is 2.24. The summed E-state index contributed by atoms with van der Waals surface area (Å²) in [7, 11) is 1.64. The lowest BCUT2D eigenvalue weighted by atomic mass is 10.3. The molecule has 1 fully saturated rings. The predicted octanol–water partition coefficient (Wildman–Crippen LogP) is 1.29. The quantitative estimate of drug-likeness (QED) is 0.884. The van der Waals surface area contributed by atoms with Crippen molar-refractivity contribution in [3.8, 4) is 0 Å². The van der Waals surface area contributed by atoms with Crippen LogP contribution in [0.5, 0.6) is 0 Å². The minimum Gasteiger partial charge on any atom is -0.378 e. The SMILES string of the molecule is CCCc1nc(COC)c(C(=O)N2CCNCC2)s1. The highest BCUT2D eigenvalue weighted by atomic mass is 32.1. The summed E-state index contributed by atoms with van der Waals surface area (Å²) in [5.41, 5.74) is 0.791. The second-order valence-corrected chi connectivity index (χ2v) is 5.69. The maximum atomic E-state index is 12.5. The fraction of sp³-hybridized carbons (Fsp3) is 0.692. The van der Waals surface area contributed by atoms with Crippen molar-refractivity contribution in [2.45, 2.75) is 26.4 Å². The molecule has 0 unspecified atom stereocenters. The summed E-state index contributed by atoms with van der Waals surface area (Å²) in [6.45, 7) is 5.80. The van der Waals surface area contributed by atoms with Gasteiger partial charge >= 0.3 is 0 Å². The molecule has 1 N–H and O–H groups in total. The van der Waals surface area contributed by atoms with Crippen LogP contribution >= 0.6 is 11.3 Å². The molecular formula is C13H21N3O2S. The molecule has 2 heterocycles. The Morgan fingerprint density at radius 3 is 2.84 bits per heavy atom. The zero-order valence-electron chi connectivity index (χ0n) is 11.6. The normalized spacial score (nSPS) is 15.8. The molecule has 0 atom stereocenters. The number of ether oxygens (including phenoxy) is 1. The molecule has 0 aliphatic carbocycles. The number of rotatable bonds is 5. The number of methoxy groups -OCH3 is 1. The van der Waals surface area contributed by atoms with Crippen molar-refractivity contribution < 1.29 is 9.53 Å². The zero-order chi connectivity index (χ0) is 13.7. The smallest absolute Gasteiger partial charge is 0.266 e. The Kier molecular flexibility index (Phi) is 5.30. The second kappa shape index (κ2) is 6.98. The van der Waals surface area contributed by atoms with Crippen molar-refractivity contribution in [1.82, 2.24) is 15.2 Å².